The number of halogens is 1. The van der Waals surface area contributed by atoms with Crippen molar-refractivity contribution in [1.29, 1.82) is 0 Å². The van der Waals surface area contributed by atoms with Crippen LogP contribution in [-0.2, 0) is 12.2 Å². The topological polar surface area (TPSA) is 37.8 Å². The van der Waals surface area contributed by atoms with Gasteiger partial charge in [-0.3, -0.25) is 0 Å². The predicted molar refractivity (Wildman–Crippen MR) is 89.4 cm³/mol. The van der Waals surface area contributed by atoms with Crippen LogP contribution in [0.1, 0.15) is 24.0 Å². The highest BCUT2D eigenvalue weighted by molar-refractivity contribution is 9.10. The molecule has 2 rings (SSSR count). The summed E-state index contributed by atoms with van der Waals surface area (Å²) >= 11 is 5.30. The molecule has 3 nitrogen and oxygen atoms in total. The molecule has 0 aliphatic rings. The van der Waals surface area contributed by atoms with Crippen LogP contribution in [0.25, 0.3) is 0 Å². The molecule has 0 aliphatic carbocycles. The van der Waals surface area contributed by atoms with Gasteiger partial charge in [-0.25, -0.2) is 9.97 Å². The van der Waals surface area contributed by atoms with Crippen LogP contribution in [0.3, 0.4) is 0 Å². The number of anilines is 1. The summed E-state index contributed by atoms with van der Waals surface area (Å²) in [6.07, 6.45) is 0.889. The second kappa shape index (κ2) is 7.09. The van der Waals surface area contributed by atoms with E-state index in [9.17, 15) is 0 Å². The molecule has 0 spiro atoms. The standard InChI is InChI=1S/C15H18BrN3S/c1-4-12-14(16)15(17-3)19-13(18-12)9-20-11-7-5-10(2)6-8-11/h5-8H,4,9H2,1-3H3,(H,17,18,19). The molecule has 2 aromatic rings. The van der Waals surface area contributed by atoms with Crippen molar-refractivity contribution in [2.75, 3.05) is 12.4 Å². The Labute approximate surface area is 132 Å². The third-order valence-corrected chi connectivity index (χ3v) is 4.77. The number of aromatic nitrogens is 2. The van der Waals surface area contributed by atoms with Crippen LogP contribution in [0, 0.1) is 6.92 Å². The van der Waals surface area contributed by atoms with Gasteiger partial charge in [0, 0.05) is 11.9 Å². The summed E-state index contributed by atoms with van der Waals surface area (Å²) in [5, 5.41) is 3.11. The van der Waals surface area contributed by atoms with Gasteiger partial charge in [-0.1, -0.05) is 24.6 Å². The zero-order chi connectivity index (χ0) is 14.5. The average Bonchev–Trinajstić information content (AvgIpc) is 2.47. The Balaban J connectivity index is 2.14. The second-order valence-electron chi connectivity index (χ2n) is 4.45. The van der Waals surface area contributed by atoms with E-state index < -0.39 is 0 Å². The van der Waals surface area contributed by atoms with Gasteiger partial charge >= 0.3 is 0 Å². The number of aryl methyl sites for hydroxylation is 2. The van der Waals surface area contributed by atoms with Crippen LogP contribution in [0.15, 0.2) is 33.6 Å². The lowest BCUT2D eigenvalue weighted by Crippen LogP contribution is -2.04. The minimum Gasteiger partial charge on any atom is -0.372 e. The van der Waals surface area contributed by atoms with Crippen LogP contribution in [0.2, 0.25) is 0 Å². The van der Waals surface area contributed by atoms with Crippen LogP contribution in [0.4, 0.5) is 5.82 Å². The normalized spacial score (nSPS) is 10.6. The average molecular weight is 352 g/mol. The zero-order valence-corrected chi connectivity index (χ0v) is 14.3. The Morgan fingerprint density at radius 2 is 1.90 bits per heavy atom. The van der Waals surface area contributed by atoms with E-state index >= 15 is 0 Å². The molecule has 0 radical (unpaired) electrons. The van der Waals surface area contributed by atoms with E-state index in [1.807, 2.05) is 7.05 Å². The van der Waals surface area contributed by atoms with Crippen LogP contribution in [0.5, 0.6) is 0 Å². The Kier molecular flexibility index (Phi) is 5.43. The fourth-order valence-electron chi connectivity index (χ4n) is 1.79. The molecule has 5 heteroatoms. The molecule has 0 atom stereocenters. The number of hydrogen-bond acceptors (Lipinski definition) is 4. The number of rotatable bonds is 5. The van der Waals surface area contributed by atoms with Crippen LogP contribution < -0.4 is 5.32 Å². The summed E-state index contributed by atoms with van der Waals surface area (Å²) < 4.78 is 0.964. The van der Waals surface area contributed by atoms with Crippen molar-refractivity contribution >= 4 is 33.5 Å². The van der Waals surface area contributed by atoms with Gasteiger partial charge in [-0.05, 0) is 41.4 Å². The first-order valence-corrected chi connectivity index (χ1v) is 8.34. The highest BCUT2D eigenvalue weighted by Crippen LogP contribution is 2.27. The molecule has 1 N–H and O–H groups in total. The van der Waals surface area contributed by atoms with Gasteiger partial charge in [0.25, 0.3) is 0 Å². The minimum atomic E-state index is 0.776. The maximum Gasteiger partial charge on any atom is 0.144 e. The maximum absolute atomic E-state index is 4.61. The van der Waals surface area contributed by atoms with Gasteiger partial charge in [0.05, 0.1) is 15.9 Å². The van der Waals surface area contributed by atoms with Crippen molar-refractivity contribution in [3.05, 3.63) is 45.8 Å². The summed E-state index contributed by atoms with van der Waals surface area (Å²) in [4.78, 5) is 10.4. The Morgan fingerprint density at radius 3 is 2.50 bits per heavy atom. The highest BCUT2D eigenvalue weighted by atomic mass is 79.9. The van der Waals surface area contributed by atoms with E-state index in [4.69, 9.17) is 0 Å². The van der Waals surface area contributed by atoms with E-state index in [1.165, 1.54) is 10.5 Å². The Bertz CT molecular complexity index is 559. The molecule has 0 fully saturated rings. The first kappa shape index (κ1) is 15.3. The fourth-order valence-corrected chi connectivity index (χ4v) is 3.20. The summed E-state index contributed by atoms with van der Waals surface area (Å²) in [5.41, 5.74) is 2.32. The zero-order valence-electron chi connectivity index (χ0n) is 11.9. The molecular weight excluding hydrogens is 334 g/mol. The lowest BCUT2D eigenvalue weighted by molar-refractivity contribution is 0.930. The smallest absolute Gasteiger partial charge is 0.144 e. The lowest BCUT2D eigenvalue weighted by Gasteiger charge is -2.10. The number of thioether (sulfide) groups is 1. The third kappa shape index (κ3) is 3.73. The highest BCUT2D eigenvalue weighted by Gasteiger charge is 2.10. The van der Waals surface area contributed by atoms with Gasteiger partial charge in [-0.15, -0.1) is 11.8 Å². The monoisotopic (exact) mass is 351 g/mol. The van der Waals surface area contributed by atoms with Crippen molar-refractivity contribution in [2.24, 2.45) is 0 Å². The van der Waals surface area contributed by atoms with Crippen molar-refractivity contribution in [2.45, 2.75) is 30.9 Å². The molecule has 1 aromatic heterocycles. The lowest BCUT2D eigenvalue weighted by atomic mass is 10.2. The van der Waals surface area contributed by atoms with E-state index in [1.54, 1.807) is 11.8 Å². The Hall–Kier alpha value is -1.07. The van der Waals surface area contributed by atoms with Crippen LogP contribution in [-0.4, -0.2) is 17.0 Å². The predicted octanol–water partition coefficient (Wildman–Crippen LogP) is 4.44. The first-order valence-electron chi connectivity index (χ1n) is 6.56. The van der Waals surface area contributed by atoms with Crippen molar-refractivity contribution < 1.29 is 0 Å². The number of nitrogens with one attached hydrogen (secondary N) is 1. The molecule has 0 aliphatic heterocycles. The summed E-state index contributed by atoms with van der Waals surface area (Å²) in [6.45, 7) is 4.20. The molecular formula is C15H18BrN3S. The summed E-state index contributed by atoms with van der Waals surface area (Å²) in [7, 11) is 1.88. The fraction of sp³-hybridized carbons (Fsp3) is 0.333. The molecule has 1 heterocycles. The molecule has 0 bridgehead atoms. The molecule has 0 saturated carbocycles. The van der Waals surface area contributed by atoms with E-state index in [0.29, 0.717) is 0 Å². The molecule has 20 heavy (non-hydrogen) atoms. The quantitative estimate of drug-likeness (QED) is 0.807. The number of benzene rings is 1. The Morgan fingerprint density at radius 1 is 1.20 bits per heavy atom. The SMILES string of the molecule is CCc1nc(CSc2ccc(C)cc2)nc(NC)c1Br. The molecule has 0 amide bonds. The van der Waals surface area contributed by atoms with Gasteiger partial charge < -0.3 is 5.32 Å². The first-order chi connectivity index (χ1) is 9.63. The van der Waals surface area contributed by atoms with Crippen LogP contribution >= 0.6 is 27.7 Å². The maximum atomic E-state index is 4.61. The van der Waals surface area contributed by atoms with Crippen molar-refractivity contribution in [3.63, 3.8) is 0 Å². The largest absolute Gasteiger partial charge is 0.372 e. The molecule has 1 aromatic carbocycles. The van der Waals surface area contributed by atoms with Gasteiger partial charge in [0.2, 0.25) is 0 Å². The summed E-state index contributed by atoms with van der Waals surface area (Å²) in [6, 6.07) is 8.53. The number of nitrogens with zero attached hydrogens (tertiary/aromatic N) is 2. The third-order valence-electron chi connectivity index (χ3n) is 2.93. The van der Waals surface area contributed by atoms with Crippen molar-refractivity contribution in [3.8, 4) is 0 Å². The van der Waals surface area contributed by atoms with Gasteiger partial charge in [-0.2, -0.15) is 0 Å². The van der Waals surface area contributed by atoms with E-state index in [0.717, 1.165) is 34.0 Å². The van der Waals surface area contributed by atoms with Gasteiger partial charge in [0.15, 0.2) is 0 Å². The van der Waals surface area contributed by atoms with E-state index in [2.05, 4.69) is 69.3 Å². The van der Waals surface area contributed by atoms with Crippen molar-refractivity contribution in [1.82, 2.24) is 9.97 Å². The minimum absolute atomic E-state index is 0.776. The van der Waals surface area contributed by atoms with E-state index in [-0.39, 0.29) is 0 Å². The molecule has 0 saturated heterocycles. The summed E-state index contributed by atoms with van der Waals surface area (Å²) in [5.74, 6) is 2.49. The molecule has 0 unspecified atom stereocenters. The number of hydrogen-bond donors (Lipinski definition) is 1. The second-order valence-corrected chi connectivity index (χ2v) is 6.30. The molecule has 106 valence electrons. The van der Waals surface area contributed by atoms with Gasteiger partial charge in [0.1, 0.15) is 11.6 Å².